The lowest BCUT2D eigenvalue weighted by Crippen LogP contribution is -1.91. The predicted molar refractivity (Wildman–Crippen MR) is 39.9 cm³/mol. The van der Waals surface area contributed by atoms with Gasteiger partial charge >= 0.3 is 0 Å². The van der Waals surface area contributed by atoms with Gasteiger partial charge in [-0.25, -0.2) is 0 Å². The molecule has 0 amide bonds. The van der Waals surface area contributed by atoms with E-state index in [9.17, 15) is 0 Å². The van der Waals surface area contributed by atoms with Crippen LogP contribution < -0.4 is 0 Å². The minimum atomic E-state index is 0.736. The van der Waals surface area contributed by atoms with Gasteiger partial charge in [0.2, 0.25) is 0 Å². The molecule has 1 heterocycles. The summed E-state index contributed by atoms with van der Waals surface area (Å²) in [5.41, 5.74) is 1.35. The molecule has 0 bridgehead atoms. The van der Waals surface area contributed by atoms with Crippen molar-refractivity contribution in [2.75, 3.05) is 0 Å². The summed E-state index contributed by atoms with van der Waals surface area (Å²) in [7, 11) is 0. The van der Waals surface area contributed by atoms with Gasteiger partial charge in [0.25, 0.3) is 0 Å². The molecule has 0 atom stereocenters. The van der Waals surface area contributed by atoms with Gasteiger partial charge in [-0.1, -0.05) is 6.92 Å². The molecule has 0 N–H and O–H groups in total. The molecule has 1 aliphatic carbocycles. The van der Waals surface area contributed by atoms with Crippen LogP contribution in [0, 0.1) is 0 Å². The Morgan fingerprint density at radius 3 is 3.00 bits per heavy atom. The van der Waals surface area contributed by atoms with Crippen molar-refractivity contribution in [3.05, 3.63) is 18.0 Å². The van der Waals surface area contributed by atoms with E-state index in [2.05, 4.69) is 22.9 Å². The maximum absolute atomic E-state index is 4.27. The summed E-state index contributed by atoms with van der Waals surface area (Å²) in [5, 5.41) is 4.27. The Bertz CT molecular complexity index is 223. The van der Waals surface area contributed by atoms with Gasteiger partial charge in [0.15, 0.2) is 0 Å². The number of hydrogen-bond acceptors (Lipinski definition) is 1. The van der Waals surface area contributed by atoms with Crippen LogP contribution in [0.25, 0.3) is 0 Å². The SMILES string of the molecule is CCc1cnn(C2CC2)c1. The molecular formula is C8H12N2. The summed E-state index contributed by atoms with van der Waals surface area (Å²) in [6.07, 6.45) is 7.89. The minimum absolute atomic E-state index is 0.736. The topological polar surface area (TPSA) is 17.8 Å². The smallest absolute Gasteiger partial charge is 0.0521 e. The largest absolute Gasteiger partial charge is 0.269 e. The van der Waals surface area contributed by atoms with Crippen LogP contribution in [0.15, 0.2) is 12.4 Å². The normalized spacial score (nSPS) is 17.7. The van der Waals surface area contributed by atoms with Crippen LogP contribution in [-0.4, -0.2) is 9.78 Å². The Labute approximate surface area is 60.9 Å². The van der Waals surface area contributed by atoms with Crippen molar-refractivity contribution in [1.29, 1.82) is 0 Å². The van der Waals surface area contributed by atoms with Crippen molar-refractivity contribution >= 4 is 0 Å². The van der Waals surface area contributed by atoms with Crippen LogP contribution in [0.1, 0.15) is 31.4 Å². The predicted octanol–water partition coefficient (Wildman–Crippen LogP) is 1.78. The first-order valence-corrected chi connectivity index (χ1v) is 3.93. The Morgan fingerprint density at radius 2 is 2.50 bits per heavy atom. The first-order valence-electron chi connectivity index (χ1n) is 3.93. The molecule has 1 aromatic heterocycles. The van der Waals surface area contributed by atoms with Crippen molar-refractivity contribution in [3.8, 4) is 0 Å². The van der Waals surface area contributed by atoms with E-state index in [1.165, 1.54) is 18.4 Å². The van der Waals surface area contributed by atoms with Gasteiger partial charge in [0.05, 0.1) is 12.2 Å². The number of nitrogens with zero attached hydrogens (tertiary/aromatic N) is 2. The zero-order valence-corrected chi connectivity index (χ0v) is 6.25. The lowest BCUT2D eigenvalue weighted by Gasteiger charge is -1.92. The number of aryl methyl sites for hydroxylation is 1. The van der Waals surface area contributed by atoms with Gasteiger partial charge in [-0.15, -0.1) is 0 Å². The summed E-state index contributed by atoms with van der Waals surface area (Å²) in [5.74, 6) is 0. The highest BCUT2D eigenvalue weighted by molar-refractivity contribution is 5.04. The van der Waals surface area contributed by atoms with E-state index in [-0.39, 0.29) is 0 Å². The molecular weight excluding hydrogens is 124 g/mol. The first-order chi connectivity index (χ1) is 4.90. The van der Waals surface area contributed by atoms with Gasteiger partial charge in [-0.3, -0.25) is 4.68 Å². The average molecular weight is 136 g/mol. The van der Waals surface area contributed by atoms with E-state index in [4.69, 9.17) is 0 Å². The molecule has 0 aliphatic heterocycles. The minimum Gasteiger partial charge on any atom is -0.269 e. The maximum atomic E-state index is 4.27. The van der Waals surface area contributed by atoms with Crippen LogP contribution in [0.4, 0.5) is 0 Å². The molecule has 0 radical (unpaired) electrons. The van der Waals surface area contributed by atoms with Gasteiger partial charge in [0.1, 0.15) is 0 Å². The highest BCUT2D eigenvalue weighted by Gasteiger charge is 2.23. The van der Waals surface area contributed by atoms with Crippen molar-refractivity contribution in [1.82, 2.24) is 9.78 Å². The Morgan fingerprint density at radius 1 is 1.70 bits per heavy atom. The summed E-state index contributed by atoms with van der Waals surface area (Å²) < 4.78 is 2.10. The quantitative estimate of drug-likeness (QED) is 0.606. The van der Waals surface area contributed by atoms with Crippen LogP contribution >= 0.6 is 0 Å². The van der Waals surface area contributed by atoms with E-state index in [0.717, 1.165) is 12.5 Å². The molecule has 0 spiro atoms. The first kappa shape index (κ1) is 5.96. The van der Waals surface area contributed by atoms with Crippen LogP contribution in [0.3, 0.4) is 0 Å². The third-order valence-corrected chi connectivity index (χ3v) is 1.98. The molecule has 1 aromatic rings. The monoisotopic (exact) mass is 136 g/mol. The van der Waals surface area contributed by atoms with E-state index in [0.29, 0.717) is 0 Å². The third-order valence-electron chi connectivity index (χ3n) is 1.98. The molecule has 2 rings (SSSR count). The molecule has 0 aromatic carbocycles. The second kappa shape index (κ2) is 2.11. The second-order valence-corrected chi connectivity index (χ2v) is 2.91. The number of rotatable bonds is 2. The van der Waals surface area contributed by atoms with Crippen LogP contribution in [-0.2, 0) is 6.42 Å². The fraction of sp³-hybridized carbons (Fsp3) is 0.625. The van der Waals surface area contributed by atoms with E-state index >= 15 is 0 Å². The number of hydrogen-bond donors (Lipinski definition) is 0. The van der Waals surface area contributed by atoms with Crippen LogP contribution in [0.2, 0.25) is 0 Å². The molecule has 10 heavy (non-hydrogen) atoms. The molecule has 1 fully saturated rings. The van der Waals surface area contributed by atoms with Gasteiger partial charge in [-0.2, -0.15) is 5.10 Å². The zero-order valence-electron chi connectivity index (χ0n) is 6.25. The average Bonchev–Trinajstić information content (AvgIpc) is 2.70. The van der Waals surface area contributed by atoms with Crippen molar-refractivity contribution < 1.29 is 0 Å². The standard InChI is InChI=1S/C8H12N2/c1-2-7-5-9-10(6-7)8-3-4-8/h5-6,8H,2-4H2,1H3. The number of aromatic nitrogens is 2. The Hall–Kier alpha value is -0.790. The molecule has 0 saturated heterocycles. The molecule has 0 unspecified atom stereocenters. The summed E-state index contributed by atoms with van der Waals surface area (Å²) >= 11 is 0. The summed E-state index contributed by atoms with van der Waals surface area (Å²) in [6, 6.07) is 0.736. The van der Waals surface area contributed by atoms with Crippen molar-refractivity contribution in [2.24, 2.45) is 0 Å². The lowest BCUT2D eigenvalue weighted by molar-refractivity contribution is 0.641. The highest BCUT2D eigenvalue weighted by atomic mass is 15.3. The third kappa shape index (κ3) is 0.939. The summed E-state index contributed by atoms with van der Waals surface area (Å²) in [4.78, 5) is 0. The Balaban J connectivity index is 2.19. The van der Waals surface area contributed by atoms with Gasteiger partial charge in [0, 0.05) is 6.20 Å². The molecule has 1 saturated carbocycles. The van der Waals surface area contributed by atoms with Gasteiger partial charge in [-0.05, 0) is 24.8 Å². The molecule has 2 nitrogen and oxygen atoms in total. The maximum Gasteiger partial charge on any atom is 0.0521 e. The van der Waals surface area contributed by atoms with Crippen molar-refractivity contribution in [2.45, 2.75) is 32.2 Å². The summed E-state index contributed by atoms with van der Waals surface area (Å²) in [6.45, 7) is 2.16. The van der Waals surface area contributed by atoms with E-state index in [1.807, 2.05) is 6.20 Å². The van der Waals surface area contributed by atoms with Crippen molar-refractivity contribution in [3.63, 3.8) is 0 Å². The molecule has 1 aliphatic rings. The second-order valence-electron chi connectivity index (χ2n) is 2.91. The zero-order chi connectivity index (χ0) is 6.97. The van der Waals surface area contributed by atoms with Crippen LogP contribution in [0.5, 0.6) is 0 Å². The highest BCUT2D eigenvalue weighted by Crippen LogP contribution is 2.33. The van der Waals surface area contributed by atoms with E-state index in [1.54, 1.807) is 0 Å². The fourth-order valence-electron chi connectivity index (χ4n) is 1.10. The fourth-order valence-corrected chi connectivity index (χ4v) is 1.10. The molecule has 2 heteroatoms. The molecule has 54 valence electrons. The Kier molecular flexibility index (Phi) is 1.26. The van der Waals surface area contributed by atoms with Gasteiger partial charge < -0.3 is 0 Å². The lowest BCUT2D eigenvalue weighted by atomic mass is 10.3. The van der Waals surface area contributed by atoms with E-state index < -0.39 is 0 Å².